The summed E-state index contributed by atoms with van der Waals surface area (Å²) >= 11 is 0. The Bertz CT molecular complexity index is 416. The van der Waals surface area contributed by atoms with E-state index < -0.39 is 0 Å². The van der Waals surface area contributed by atoms with Crippen LogP contribution in [-0.2, 0) is 9.59 Å². The summed E-state index contributed by atoms with van der Waals surface area (Å²) in [4.78, 5) is 22.1. The van der Waals surface area contributed by atoms with E-state index in [2.05, 4.69) is 0 Å². The first-order valence-corrected chi connectivity index (χ1v) is 4.50. The molecule has 1 aromatic rings. The van der Waals surface area contributed by atoms with Gasteiger partial charge >= 0.3 is 0 Å². The molecule has 0 aromatic heterocycles. The number of halogens is 1. The van der Waals surface area contributed by atoms with Crippen molar-refractivity contribution in [3.63, 3.8) is 0 Å². The van der Waals surface area contributed by atoms with Crippen LogP contribution in [0.15, 0.2) is 30.3 Å². The number of rotatable bonds is 3. The van der Waals surface area contributed by atoms with Crippen molar-refractivity contribution in [1.82, 2.24) is 0 Å². The molecule has 0 aliphatic carbocycles. The Morgan fingerprint density at radius 3 is 2.07 bits per heavy atom. The molecule has 0 unspecified atom stereocenters. The molecular weight excluding hydrogens is 195 g/mol. The van der Waals surface area contributed by atoms with Gasteiger partial charge < -0.3 is 0 Å². The second-order valence-electron chi connectivity index (χ2n) is 3.23. The fraction of sp³-hybridized carbons (Fsp3) is 0.167. The first kappa shape index (κ1) is 11.3. The Kier molecular flexibility index (Phi) is 3.50. The molecule has 0 aliphatic rings. The maximum absolute atomic E-state index is 12.6. The standard InChI is InChI=1S/C12H11FO2/c1-8(14)7-12(9(2)15)10-3-5-11(13)6-4-10/h3-7H,1-2H3/b12-7+. The number of carbonyl (C=O) groups is 2. The number of allylic oxidation sites excluding steroid dienone is 2. The van der Waals surface area contributed by atoms with Crippen LogP contribution in [0.5, 0.6) is 0 Å². The van der Waals surface area contributed by atoms with Gasteiger partial charge in [-0.2, -0.15) is 0 Å². The number of hydrogen-bond acceptors (Lipinski definition) is 2. The Balaban J connectivity index is 3.16. The summed E-state index contributed by atoms with van der Waals surface area (Å²) in [5.41, 5.74) is 0.863. The minimum absolute atomic E-state index is 0.204. The third-order valence-corrected chi connectivity index (χ3v) is 1.88. The van der Waals surface area contributed by atoms with Gasteiger partial charge in [-0.05, 0) is 37.6 Å². The van der Waals surface area contributed by atoms with E-state index in [1.165, 1.54) is 44.2 Å². The number of hydrogen-bond donors (Lipinski definition) is 0. The van der Waals surface area contributed by atoms with Crippen molar-refractivity contribution in [1.29, 1.82) is 0 Å². The summed E-state index contributed by atoms with van der Waals surface area (Å²) in [6.07, 6.45) is 1.26. The smallest absolute Gasteiger partial charge is 0.160 e. The largest absolute Gasteiger partial charge is 0.295 e. The van der Waals surface area contributed by atoms with Gasteiger partial charge in [0.15, 0.2) is 11.6 Å². The minimum atomic E-state index is -0.371. The molecule has 3 heteroatoms. The highest BCUT2D eigenvalue weighted by Crippen LogP contribution is 2.16. The van der Waals surface area contributed by atoms with Crippen LogP contribution < -0.4 is 0 Å². The molecule has 0 atom stereocenters. The molecule has 0 radical (unpaired) electrons. The molecule has 0 aliphatic heterocycles. The number of Topliss-reactive ketones (excluding diaryl/α,β-unsaturated/α-hetero) is 1. The van der Waals surface area contributed by atoms with Crippen LogP contribution in [0.25, 0.3) is 5.57 Å². The van der Waals surface area contributed by atoms with Gasteiger partial charge in [0.2, 0.25) is 0 Å². The quantitative estimate of drug-likeness (QED) is 0.711. The lowest BCUT2D eigenvalue weighted by Crippen LogP contribution is -1.99. The molecule has 0 amide bonds. The highest BCUT2D eigenvalue weighted by molar-refractivity contribution is 6.23. The van der Waals surface area contributed by atoms with Crippen LogP contribution in [0, 0.1) is 5.82 Å². The van der Waals surface area contributed by atoms with Crippen LogP contribution in [0.3, 0.4) is 0 Å². The van der Waals surface area contributed by atoms with Crippen molar-refractivity contribution < 1.29 is 14.0 Å². The van der Waals surface area contributed by atoms with Crippen LogP contribution in [0.4, 0.5) is 4.39 Å². The lowest BCUT2D eigenvalue weighted by atomic mass is 10.0. The Morgan fingerprint density at radius 2 is 1.67 bits per heavy atom. The molecular formula is C12H11FO2. The first-order chi connectivity index (χ1) is 7.00. The van der Waals surface area contributed by atoms with Gasteiger partial charge in [0.05, 0.1) is 0 Å². The molecule has 0 saturated heterocycles. The van der Waals surface area contributed by atoms with E-state index in [0.29, 0.717) is 11.1 Å². The van der Waals surface area contributed by atoms with E-state index >= 15 is 0 Å². The van der Waals surface area contributed by atoms with Crippen LogP contribution in [-0.4, -0.2) is 11.6 Å². The molecule has 15 heavy (non-hydrogen) atoms. The zero-order valence-electron chi connectivity index (χ0n) is 8.58. The van der Waals surface area contributed by atoms with Crippen molar-refractivity contribution in [3.05, 3.63) is 41.7 Å². The van der Waals surface area contributed by atoms with Crippen molar-refractivity contribution in [2.24, 2.45) is 0 Å². The molecule has 2 nitrogen and oxygen atoms in total. The highest BCUT2D eigenvalue weighted by atomic mass is 19.1. The number of ketones is 2. The number of benzene rings is 1. The second kappa shape index (κ2) is 4.64. The van der Waals surface area contributed by atoms with E-state index in [9.17, 15) is 14.0 Å². The normalized spacial score (nSPS) is 11.3. The summed E-state index contributed by atoms with van der Waals surface area (Å²) in [5, 5.41) is 0. The summed E-state index contributed by atoms with van der Waals surface area (Å²) in [6, 6.07) is 5.47. The van der Waals surface area contributed by atoms with Crippen molar-refractivity contribution >= 4 is 17.1 Å². The summed E-state index contributed by atoms with van der Waals surface area (Å²) in [6.45, 7) is 2.74. The lowest BCUT2D eigenvalue weighted by molar-refractivity contribution is -0.114. The summed E-state index contributed by atoms with van der Waals surface area (Å²) in [5.74, 6) is -0.786. The van der Waals surface area contributed by atoms with E-state index in [-0.39, 0.29) is 17.4 Å². The van der Waals surface area contributed by atoms with Gasteiger partial charge in [0.25, 0.3) is 0 Å². The maximum Gasteiger partial charge on any atom is 0.160 e. The predicted molar refractivity (Wildman–Crippen MR) is 55.7 cm³/mol. The maximum atomic E-state index is 12.6. The van der Waals surface area contributed by atoms with Crippen molar-refractivity contribution in [2.45, 2.75) is 13.8 Å². The highest BCUT2D eigenvalue weighted by Gasteiger charge is 2.07. The fourth-order valence-corrected chi connectivity index (χ4v) is 1.22. The summed E-state index contributed by atoms with van der Waals surface area (Å²) in [7, 11) is 0. The van der Waals surface area contributed by atoms with Crippen molar-refractivity contribution in [3.8, 4) is 0 Å². The second-order valence-corrected chi connectivity index (χ2v) is 3.23. The molecule has 78 valence electrons. The minimum Gasteiger partial charge on any atom is -0.295 e. The number of carbonyl (C=O) groups excluding carboxylic acids is 2. The van der Waals surface area contributed by atoms with Gasteiger partial charge in [0, 0.05) is 5.57 Å². The van der Waals surface area contributed by atoms with E-state index in [1.807, 2.05) is 0 Å². The molecule has 0 bridgehead atoms. The SMILES string of the molecule is CC(=O)/C=C(\C(C)=O)c1ccc(F)cc1. The average Bonchev–Trinajstić information content (AvgIpc) is 2.15. The third kappa shape index (κ3) is 3.13. The zero-order chi connectivity index (χ0) is 11.4. The average molecular weight is 206 g/mol. The summed E-state index contributed by atoms with van der Waals surface area (Å²) < 4.78 is 12.6. The van der Waals surface area contributed by atoms with E-state index in [0.717, 1.165) is 0 Å². The molecule has 0 saturated carbocycles. The van der Waals surface area contributed by atoms with Crippen LogP contribution >= 0.6 is 0 Å². The molecule has 0 spiro atoms. The van der Waals surface area contributed by atoms with Gasteiger partial charge in [-0.3, -0.25) is 9.59 Å². The monoisotopic (exact) mass is 206 g/mol. The predicted octanol–water partition coefficient (Wildman–Crippen LogP) is 2.39. The fourth-order valence-electron chi connectivity index (χ4n) is 1.22. The Morgan fingerprint density at radius 1 is 1.13 bits per heavy atom. The van der Waals surface area contributed by atoms with Gasteiger partial charge in [-0.1, -0.05) is 12.1 Å². The van der Waals surface area contributed by atoms with Crippen LogP contribution in [0.2, 0.25) is 0 Å². The molecule has 1 aromatic carbocycles. The van der Waals surface area contributed by atoms with Crippen molar-refractivity contribution in [2.75, 3.05) is 0 Å². The molecule has 1 rings (SSSR count). The van der Waals surface area contributed by atoms with Gasteiger partial charge in [-0.25, -0.2) is 4.39 Å². The zero-order valence-corrected chi connectivity index (χ0v) is 8.58. The molecule has 0 heterocycles. The van der Waals surface area contributed by atoms with Gasteiger partial charge in [-0.15, -0.1) is 0 Å². The van der Waals surface area contributed by atoms with E-state index in [1.54, 1.807) is 0 Å². The first-order valence-electron chi connectivity index (χ1n) is 4.50. The molecule has 0 fully saturated rings. The lowest BCUT2D eigenvalue weighted by Gasteiger charge is -2.02. The third-order valence-electron chi connectivity index (χ3n) is 1.88. The van der Waals surface area contributed by atoms with E-state index in [4.69, 9.17) is 0 Å². The van der Waals surface area contributed by atoms with Crippen LogP contribution in [0.1, 0.15) is 19.4 Å². The Hall–Kier alpha value is -1.77. The van der Waals surface area contributed by atoms with Gasteiger partial charge in [0.1, 0.15) is 5.82 Å². The Labute approximate surface area is 87.4 Å². The topological polar surface area (TPSA) is 34.1 Å². The molecule has 0 N–H and O–H groups in total.